The van der Waals surface area contributed by atoms with Crippen molar-refractivity contribution < 1.29 is 9.72 Å². The van der Waals surface area contributed by atoms with Crippen LogP contribution in [-0.4, -0.2) is 35.4 Å². The number of carbonyl (C=O) groups is 1. The van der Waals surface area contributed by atoms with Gasteiger partial charge < -0.3 is 10.6 Å². The first-order valence-corrected chi connectivity index (χ1v) is 8.71. The van der Waals surface area contributed by atoms with Gasteiger partial charge in [0.1, 0.15) is 10.7 Å². The number of rotatable bonds is 6. The van der Waals surface area contributed by atoms with E-state index in [9.17, 15) is 14.9 Å². The molecule has 1 aliphatic rings. The number of amides is 1. The van der Waals surface area contributed by atoms with Crippen LogP contribution < -0.4 is 10.6 Å². The summed E-state index contributed by atoms with van der Waals surface area (Å²) in [6.07, 6.45) is 2.12. The van der Waals surface area contributed by atoms with Crippen molar-refractivity contribution in [3.05, 3.63) is 45.5 Å². The lowest BCUT2D eigenvalue weighted by molar-refractivity contribution is -0.384. The number of non-ortho nitro benzene ring substituents is 1. The molecule has 1 aromatic carbocycles. The maximum Gasteiger partial charge on any atom is 0.270 e. The van der Waals surface area contributed by atoms with E-state index in [0.717, 1.165) is 25.9 Å². The fourth-order valence-corrected chi connectivity index (χ4v) is 3.50. The molecule has 7 nitrogen and oxygen atoms in total. The Balaban J connectivity index is 1.61. The van der Waals surface area contributed by atoms with Crippen LogP contribution in [0.5, 0.6) is 0 Å². The van der Waals surface area contributed by atoms with E-state index in [-0.39, 0.29) is 11.6 Å². The minimum atomic E-state index is -0.442. The number of thiazole rings is 1. The van der Waals surface area contributed by atoms with E-state index >= 15 is 0 Å². The van der Waals surface area contributed by atoms with Gasteiger partial charge in [-0.3, -0.25) is 14.9 Å². The monoisotopic (exact) mass is 346 g/mol. The Kier molecular flexibility index (Phi) is 5.17. The highest BCUT2D eigenvalue weighted by molar-refractivity contribution is 7.13. The van der Waals surface area contributed by atoms with Gasteiger partial charge in [-0.25, -0.2) is 4.98 Å². The quantitative estimate of drug-likeness (QED) is 0.618. The van der Waals surface area contributed by atoms with E-state index in [0.29, 0.717) is 28.7 Å². The molecular formula is C16H18N4O3S. The van der Waals surface area contributed by atoms with Crippen molar-refractivity contribution in [3.63, 3.8) is 0 Å². The maximum atomic E-state index is 12.1. The third-order valence-corrected chi connectivity index (χ3v) is 4.93. The van der Waals surface area contributed by atoms with Crippen molar-refractivity contribution >= 4 is 22.9 Å². The second-order valence-electron chi connectivity index (χ2n) is 5.75. The topological polar surface area (TPSA) is 97.2 Å². The molecule has 1 amide bonds. The third-order valence-electron chi connectivity index (χ3n) is 4.04. The lowest BCUT2D eigenvalue weighted by atomic mass is 10.1. The SMILES string of the molecule is O=C(NCCC1CCNC1)c1csc(-c2cccc([N+](=O)[O-])c2)n1. The number of nitrogens with one attached hydrogen (secondary N) is 2. The van der Waals surface area contributed by atoms with E-state index in [1.54, 1.807) is 17.5 Å². The van der Waals surface area contributed by atoms with Gasteiger partial charge in [-0.15, -0.1) is 11.3 Å². The standard InChI is InChI=1S/C16H18N4O3S/c21-15(18-7-5-11-4-6-17-9-11)14-10-24-16(19-14)12-2-1-3-13(8-12)20(22)23/h1-3,8,10-11,17H,4-7,9H2,(H,18,21). The van der Waals surface area contributed by atoms with Crippen LogP contribution in [0.3, 0.4) is 0 Å². The Bertz CT molecular complexity index is 740. The van der Waals surface area contributed by atoms with E-state index in [4.69, 9.17) is 0 Å². The zero-order valence-electron chi connectivity index (χ0n) is 13.0. The molecule has 3 rings (SSSR count). The largest absolute Gasteiger partial charge is 0.351 e. The molecule has 1 fully saturated rings. The van der Waals surface area contributed by atoms with Crippen molar-refractivity contribution in [1.29, 1.82) is 0 Å². The molecule has 24 heavy (non-hydrogen) atoms. The van der Waals surface area contributed by atoms with Crippen molar-refractivity contribution in [1.82, 2.24) is 15.6 Å². The Morgan fingerprint density at radius 2 is 2.38 bits per heavy atom. The average molecular weight is 346 g/mol. The van der Waals surface area contributed by atoms with Crippen LogP contribution in [0.2, 0.25) is 0 Å². The van der Waals surface area contributed by atoms with Crippen LogP contribution in [0.4, 0.5) is 5.69 Å². The van der Waals surface area contributed by atoms with Gasteiger partial charge in [0, 0.05) is 29.6 Å². The second-order valence-corrected chi connectivity index (χ2v) is 6.61. The van der Waals surface area contributed by atoms with E-state index < -0.39 is 4.92 Å². The van der Waals surface area contributed by atoms with Crippen LogP contribution in [0.1, 0.15) is 23.3 Å². The first kappa shape index (κ1) is 16.5. The molecule has 1 atom stereocenters. The van der Waals surface area contributed by atoms with Crippen LogP contribution in [0, 0.1) is 16.0 Å². The van der Waals surface area contributed by atoms with Gasteiger partial charge in [-0.1, -0.05) is 12.1 Å². The summed E-state index contributed by atoms with van der Waals surface area (Å²) in [7, 11) is 0. The fourth-order valence-electron chi connectivity index (χ4n) is 2.70. The van der Waals surface area contributed by atoms with E-state index in [1.165, 1.54) is 23.5 Å². The summed E-state index contributed by atoms with van der Waals surface area (Å²) in [6, 6.07) is 6.26. The highest BCUT2D eigenvalue weighted by Crippen LogP contribution is 2.26. The summed E-state index contributed by atoms with van der Waals surface area (Å²) in [4.78, 5) is 26.9. The van der Waals surface area contributed by atoms with E-state index in [1.807, 2.05) is 0 Å². The molecule has 1 aliphatic heterocycles. The molecule has 0 radical (unpaired) electrons. The second kappa shape index (κ2) is 7.50. The summed E-state index contributed by atoms with van der Waals surface area (Å²) in [6.45, 7) is 2.70. The molecular weight excluding hydrogens is 328 g/mol. The lowest BCUT2D eigenvalue weighted by Gasteiger charge is -2.08. The van der Waals surface area contributed by atoms with E-state index in [2.05, 4.69) is 15.6 Å². The highest BCUT2D eigenvalue weighted by atomic mass is 32.1. The number of aromatic nitrogens is 1. The zero-order valence-corrected chi connectivity index (χ0v) is 13.8. The highest BCUT2D eigenvalue weighted by Gasteiger charge is 2.16. The van der Waals surface area contributed by atoms with Gasteiger partial charge in [-0.2, -0.15) is 0 Å². The van der Waals surface area contributed by atoms with Crippen LogP contribution in [0.25, 0.3) is 10.6 Å². The number of hydrogen-bond acceptors (Lipinski definition) is 6. The number of nitro benzene ring substituents is 1. The molecule has 1 aromatic heterocycles. The van der Waals surface area contributed by atoms with Crippen molar-refractivity contribution in [2.75, 3.05) is 19.6 Å². The summed E-state index contributed by atoms with van der Waals surface area (Å²) in [5, 5.41) is 19.3. The predicted molar refractivity (Wildman–Crippen MR) is 92.1 cm³/mol. The number of nitro groups is 1. The Labute approximate surface area is 143 Å². The molecule has 1 unspecified atom stereocenters. The first-order chi connectivity index (χ1) is 11.6. The molecule has 2 N–H and O–H groups in total. The van der Waals surface area contributed by atoms with Gasteiger partial charge in [0.25, 0.3) is 11.6 Å². The van der Waals surface area contributed by atoms with Gasteiger partial charge in [0.2, 0.25) is 0 Å². The summed E-state index contributed by atoms with van der Waals surface area (Å²) in [5.41, 5.74) is 1.01. The Hall–Kier alpha value is -2.32. The smallest absolute Gasteiger partial charge is 0.270 e. The molecule has 1 saturated heterocycles. The van der Waals surface area contributed by atoms with Gasteiger partial charge in [-0.05, 0) is 31.8 Å². The van der Waals surface area contributed by atoms with Crippen LogP contribution in [0.15, 0.2) is 29.6 Å². The Morgan fingerprint density at radius 3 is 3.12 bits per heavy atom. The predicted octanol–water partition coefficient (Wildman–Crippen LogP) is 2.45. The Morgan fingerprint density at radius 1 is 1.50 bits per heavy atom. The maximum absolute atomic E-state index is 12.1. The van der Waals surface area contributed by atoms with Crippen LogP contribution >= 0.6 is 11.3 Å². The molecule has 2 heterocycles. The number of carbonyl (C=O) groups excluding carboxylic acids is 1. The minimum absolute atomic E-state index is 0.0128. The minimum Gasteiger partial charge on any atom is -0.351 e. The average Bonchev–Trinajstić information content (AvgIpc) is 3.26. The molecule has 0 saturated carbocycles. The van der Waals surface area contributed by atoms with Crippen molar-refractivity contribution in [3.8, 4) is 10.6 Å². The molecule has 0 aliphatic carbocycles. The number of nitrogens with zero attached hydrogens (tertiary/aromatic N) is 2. The molecule has 0 spiro atoms. The zero-order chi connectivity index (χ0) is 16.9. The fraction of sp³-hybridized carbons (Fsp3) is 0.375. The molecule has 126 valence electrons. The molecule has 8 heteroatoms. The van der Waals surface area contributed by atoms with Gasteiger partial charge in [0.15, 0.2) is 0 Å². The lowest BCUT2D eigenvalue weighted by Crippen LogP contribution is -2.26. The van der Waals surface area contributed by atoms with Crippen molar-refractivity contribution in [2.45, 2.75) is 12.8 Å². The summed E-state index contributed by atoms with van der Waals surface area (Å²) >= 11 is 1.31. The van der Waals surface area contributed by atoms with Crippen LogP contribution in [-0.2, 0) is 0 Å². The number of benzene rings is 1. The van der Waals surface area contributed by atoms with Gasteiger partial charge >= 0.3 is 0 Å². The van der Waals surface area contributed by atoms with Crippen molar-refractivity contribution in [2.24, 2.45) is 5.92 Å². The van der Waals surface area contributed by atoms with Gasteiger partial charge in [0.05, 0.1) is 4.92 Å². The molecule has 0 bridgehead atoms. The third kappa shape index (κ3) is 3.95. The normalized spacial score (nSPS) is 16.9. The number of hydrogen-bond donors (Lipinski definition) is 2. The summed E-state index contributed by atoms with van der Waals surface area (Å²) < 4.78 is 0. The first-order valence-electron chi connectivity index (χ1n) is 7.83. The molecule has 2 aromatic rings. The summed E-state index contributed by atoms with van der Waals surface area (Å²) in [5.74, 6) is 0.426.